The van der Waals surface area contributed by atoms with E-state index >= 15 is 0 Å². The zero-order valence-corrected chi connectivity index (χ0v) is 12.8. The smallest absolute Gasteiger partial charge is 0.224 e. The van der Waals surface area contributed by atoms with E-state index in [1.165, 1.54) is 0 Å². The average Bonchev–Trinajstić information content (AvgIpc) is 2.48. The normalized spacial score (nSPS) is 35.8. The number of hydrogen-bond donors (Lipinski definition) is 2. The van der Waals surface area contributed by atoms with Gasteiger partial charge in [0.25, 0.3) is 0 Å². The molecule has 1 heterocycles. The Hall–Kier alpha value is -0.650. The van der Waals surface area contributed by atoms with E-state index in [-0.39, 0.29) is 24.0 Å². The molecule has 1 aliphatic heterocycles. The van der Waals surface area contributed by atoms with Crippen molar-refractivity contribution in [2.45, 2.75) is 45.3 Å². The van der Waals surface area contributed by atoms with Crippen LogP contribution in [-0.4, -0.2) is 55.7 Å². The van der Waals surface area contributed by atoms with Crippen molar-refractivity contribution in [3.63, 3.8) is 0 Å². The van der Waals surface area contributed by atoms with Crippen molar-refractivity contribution in [3.8, 4) is 0 Å². The van der Waals surface area contributed by atoms with E-state index in [9.17, 15) is 4.79 Å². The van der Waals surface area contributed by atoms with Crippen molar-refractivity contribution < 1.29 is 9.53 Å². The molecule has 116 valence electrons. The minimum absolute atomic E-state index is 0.00293. The van der Waals surface area contributed by atoms with Gasteiger partial charge < -0.3 is 15.8 Å². The molecule has 0 spiro atoms. The molecule has 0 aromatic heterocycles. The summed E-state index contributed by atoms with van der Waals surface area (Å²) in [6.45, 7) is 8.60. The van der Waals surface area contributed by atoms with E-state index in [4.69, 9.17) is 10.5 Å². The van der Waals surface area contributed by atoms with Crippen LogP contribution in [0, 0.1) is 11.8 Å². The molecule has 1 saturated carbocycles. The summed E-state index contributed by atoms with van der Waals surface area (Å²) in [5, 5.41) is 3.05. The molecule has 1 aliphatic carbocycles. The van der Waals surface area contributed by atoms with E-state index in [1.54, 1.807) is 0 Å². The second kappa shape index (κ2) is 7.38. The van der Waals surface area contributed by atoms with Crippen molar-refractivity contribution in [1.82, 2.24) is 10.2 Å². The Bertz CT molecular complexity index is 324. The Morgan fingerprint density at radius 2 is 2.25 bits per heavy atom. The first-order chi connectivity index (χ1) is 9.61. The summed E-state index contributed by atoms with van der Waals surface area (Å²) < 4.78 is 5.71. The number of likely N-dealkylation sites (N-methyl/N-ethyl adjacent to an activating group) is 1. The fraction of sp³-hybridized carbons (Fsp3) is 0.933. The number of ether oxygens (including phenoxy) is 1. The van der Waals surface area contributed by atoms with E-state index in [0.717, 1.165) is 45.5 Å². The number of carbonyl (C=O) groups is 1. The van der Waals surface area contributed by atoms with Crippen molar-refractivity contribution in [2.24, 2.45) is 17.6 Å². The van der Waals surface area contributed by atoms with Crippen molar-refractivity contribution >= 4 is 5.91 Å². The van der Waals surface area contributed by atoms with Gasteiger partial charge in [0, 0.05) is 25.7 Å². The summed E-state index contributed by atoms with van der Waals surface area (Å²) in [4.78, 5) is 14.6. The first-order valence-corrected chi connectivity index (χ1v) is 7.99. The molecule has 0 aromatic carbocycles. The van der Waals surface area contributed by atoms with Crippen LogP contribution < -0.4 is 11.1 Å². The van der Waals surface area contributed by atoms with Gasteiger partial charge in [-0.2, -0.15) is 0 Å². The third-order valence-corrected chi connectivity index (χ3v) is 4.81. The number of hydrogen-bond acceptors (Lipinski definition) is 4. The van der Waals surface area contributed by atoms with Crippen molar-refractivity contribution in [1.29, 1.82) is 0 Å². The molecular weight excluding hydrogens is 254 g/mol. The molecule has 4 unspecified atom stereocenters. The summed E-state index contributed by atoms with van der Waals surface area (Å²) in [6, 6.07) is 0.00293. The first-order valence-electron chi connectivity index (χ1n) is 7.99. The first kappa shape index (κ1) is 15.7. The largest absolute Gasteiger partial charge is 0.374 e. The molecule has 1 saturated heterocycles. The Balaban J connectivity index is 1.77. The van der Waals surface area contributed by atoms with E-state index < -0.39 is 0 Å². The van der Waals surface area contributed by atoms with Gasteiger partial charge in [-0.25, -0.2) is 0 Å². The van der Waals surface area contributed by atoms with Crippen LogP contribution >= 0.6 is 0 Å². The van der Waals surface area contributed by atoms with Gasteiger partial charge in [-0.1, -0.05) is 20.3 Å². The van der Waals surface area contributed by atoms with E-state index in [2.05, 4.69) is 24.1 Å². The molecule has 4 atom stereocenters. The third kappa shape index (κ3) is 3.93. The molecule has 0 radical (unpaired) electrons. The summed E-state index contributed by atoms with van der Waals surface area (Å²) in [5.41, 5.74) is 6.18. The van der Waals surface area contributed by atoms with Gasteiger partial charge in [-0.3, -0.25) is 9.69 Å². The summed E-state index contributed by atoms with van der Waals surface area (Å²) in [5.74, 6) is 0.534. The maximum absolute atomic E-state index is 12.3. The maximum atomic E-state index is 12.3. The van der Waals surface area contributed by atoms with Gasteiger partial charge in [0.1, 0.15) is 0 Å². The third-order valence-electron chi connectivity index (χ3n) is 4.81. The SMILES string of the molecule is CCN1CCOC(CNC(=O)C2CCCC(C)C2N)C1. The van der Waals surface area contributed by atoms with Gasteiger partial charge in [0.05, 0.1) is 18.6 Å². The number of carbonyl (C=O) groups excluding carboxylic acids is 1. The number of nitrogens with two attached hydrogens (primary N) is 1. The Morgan fingerprint density at radius 3 is 3.00 bits per heavy atom. The van der Waals surface area contributed by atoms with Gasteiger partial charge in [-0.15, -0.1) is 0 Å². The highest BCUT2D eigenvalue weighted by molar-refractivity contribution is 5.79. The van der Waals surface area contributed by atoms with Gasteiger partial charge in [-0.05, 0) is 25.3 Å². The number of nitrogens with zero attached hydrogens (tertiary/aromatic N) is 1. The molecule has 3 N–H and O–H groups in total. The molecule has 5 nitrogen and oxygen atoms in total. The van der Waals surface area contributed by atoms with Crippen molar-refractivity contribution in [3.05, 3.63) is 0 Å². The fourth-order valence-corrected chi connectivity index (χ4v) is 3.28. The van der Waals surface area contributed by atoms with E-state index in [1.807, 2.05) is 0 Å². The molecule has 0 aromatic rings. The average molecular weight is 283 g/mol. The number of nitrogens with one attached hydrogen (secondary N) is 1. The molecule has 1 amide bonds. The lowest BCUT2D eigenvalue weighted by Gasteiger charge is -2.34. The minimum Gasteiger partial charge on any atom is -0.374 e. The van der Waals surface area contributed by atoms with Gasteiger partial charge >= 0.3 is 0 Å². The lowest BCUT2D eigenvalue weighted by molar-refractivity contribution is -0.128. The Labute approximate surface area is 122 Å². The second-order valence-corrected chi connectivity index (χ2v) is 6.22. The topological polar surface area (TPSA) is 67.6 Å². The van der Waals surface area contributed by atoms with Crippen LogP contribution in [-0.2, 0) is 9.53 Å². The van der Waals surface area contributed by atoms with Gasteiger partial charge in [0.15, 0.2) is 0 Å². The second-order valence-electron chi connectivity index (χ2n) is 6.22. The van der Waals surface area contributed by atoms with Crippen LogP contribution in [0.4, 0.5) is 0 Å². The highest BCUT2D eigenvalue weighted by Crippen LogP contribution is 2.27. The molecule has 0 bridgehead atoms. The van der Waals surface area contributed by atoms with Crippen LogP contribution in [0.3, 0.4) is 0 Å². The standard InChI is InChI=1S/C15H29N3O2/c1-3-18-7-8-20-12(10-18)9-17-15(19)13-6-4-5-11(2)14(13)16/h11-14H,3-10,16H2,1-2H3,(H,17,19). The Kier molecular flexibility index (Phi) is 5.81. The zero-order chi connectivity index (χ0) is 14.5. The molecule has 2 rings (SSSR count). The van der Waals surface area contributed by atoms with Crippen LogP contribution in [0.25, 0.3) is 0 Å². The molecule has 5 heteroatoms. The minimum atomic E-state index is -0.0235. The number of amides is 1. The van der Waals surface area contributed by atoms with Crippen LogP contribution in [0.5, 0.6) is 0 Å². The number of morpholine rings is 1. The predicted molar refractivity (Wildman–Crippen MR) is 79.3 cm³/mol. The highest BCUT2D eigenvalue weighted by atomic mass is 16.5. The van der Waals surface area contributed by atoms with Crippen molar-refractivity contribution in [2.75, 3.05) is 32.8 Å². The number of rotatable bonds is 4. The summed E-state index contributed by atoms with van der Waals surface area (Å²) >= 11 is 0. The predicted octanol–water partition coefficient (Wildman–Crippen LogP) is 0.587. The van der Waals surface area contributed by atoms with E-state index in [0.29, 0.717) is 12.5 Å². The summed E-state index contributed by atoms with van der Waals surface area (Å²) in [6.07, 6.45) is 3.28. The molecule has 2 aliphatic rings. The molecule has 2 fully saturated rings. The monoisotopic (exact) mass is 283 g/mol. The zero-order valence-electron chi connectivity index (χ0n) is 12.8. The molecular formula is C15H29N3O2. The van der Waals surface area contributed by atoms with Gasteiger partial charge in [0.2, 0.25) is 5.91 Å². The highest BCUT2D eigenvalue weighted by Gasteiger charge is 2.33. The summed E-state index contributed by atoms with van der Waals surface area (Å²) in [7, 11) is 0. The maximum Gasteiger partial charge on any atom is 0.224 e. The van der Waals surface area contributed by atoms with Crippen LogP contribution in [0.1, 0.15) is 33.1 Å². The lowest BCUT2D eigenvalue weighted by Crippen LogP contribution is -2.51. The Morgan fingerprint density at radius 1 is 1.45 bits per heavy atom. The van der Waals surface area contributed by atoms with Crippen LogP contribution in [0.15, 0.2) is 0 Å². The quantitative estimate of drug-likeness (QED) is 0.792. The van der Waals surface area contributed by atoms with Crippen LogP contribution in [0.2, 0.25) is 0 Å². The lowest BCUT2D eigenvalue weighted by atomic mass is 9.78. The fourth-order valence-electron chi connectivity index (χ4n) is 3.28. The molecule has 20 heavy (non-hydrogen) atoms.